The van der Waals surface area contributed by atoms with E-state index in [9.17, 15) is 0 Å². The molecule has 7 heteroatoms. The summed E-state index contributed by atoms with van der Waals surface area (Å²) in [6.45, 7) is 4.32. The van der Waals surface area contributed by atoms with Crippen LogP contribution in [-0.4, -0.2) is 35.4 Å². The average Bonchev–Trinajstić information content (AvgIpc) is 3.41. The Balaban J connectivity index is 1.40. The minimum absolute atomic E-state index is 0.662. The molecule has 28 heavy (non-hydrogen) atoms. The number of aryl methyl sites for hydroxylation is 1. The Morgan fingerprint density at radius 2 is 1.82 bits per heavy atom. The van der Waals surface area contributed by atoms with Crippen molar-refractivity contribution >= 4 is 0 Å². The monoisotopic (exact) mass is 373 g/mol. The first-order valence-corrected chi connectivity index (χ1v) is 9.70. The maximum absolute atomic E-state index is 4.80. The lowest BCUT2D eigenvalue weighted by molar-refractivity contribution is 0.587. The Morgan fingerprint density at radius 1 is 0.964 bits per heavy atom. The van der Waals surface area contributed by atoms with Crippen LogP contribution in [0.15, 0.2) is 61.2 Å². The Bertz CT molecular complexity index is 1030. The van der Waals surface area contributed by atoms with Crippen molar-refractivity contribution in [2.45, 2.75) is 32.6 Å². The van der Waals surface area contributed by atoms with Gasteiger partial charge in [-0.2, -0.15) is 5.10 Å². The fourth-order valence-corrected chi connectivity index (χ4v) is 3.71. The van der Waals surface area contributed by atoms with Crippen molar-refractivity contribution in [1.29, 1.82) is 0 Å². The van der Waals surface area contributed by atoms with Crippen LogP contribution < -0.4 is 5.32 Å². The van der Waals surface area contributed by atoms with Crippen LogP contribution in [0.2, 0.25) is 0 Å². The number of fused-ring (bicyclic) bond motifs is 1. The molecular weight excluding hydrogens is 350 g/mol. The van der Waals surface area contributed by atoms with Gasteiger partial charge in [0, 0.05) is 44.4 Å². The fourth-order valence-electron chi connectivity index (χ4n) is 3.71. The zero-order chi connectivity index (χ0) is 18.8. The molecule has 0 aliphatic carbocycles. The van der Waals surface area contributed by atoms with Crippen LogP contribution in [0.3, 0.4) is 0 Å². The van der Waals surface area contributed by atoms with Gasteiger partial charge < -0.3 is 14.5 Å². The van der Waals surface area contributed by atoms with Gasteiger partial charge >= 0.3 is 0 Å². The number of nitrogens with one attached hydrogen (secondary N) is 1. The van der Waals surface area contributed by atoms with Crippen molar-refractivity contribution in [2.24, 2.45) is 0 Å². The standard InChI is InChI=1S/C21H23N7/c1-2-5-17(6-3-1)15-26-11-8-23-20(26)16-27-12-9-24-21(27)19-13-18-14-22-7-4-10-28(18)25-19/h1-3,5-6,8-9,11-13,22H,4,7,10,14-16H2. The van der Waals surface area contributed by atoms with Gasteiger partial charge in [0.2, 0.25) is 0 Å². The highest BCUT2D eigenvalue weighted by Crippen LogP contribution is 2.20. The molecule has 7 nitrogen and oxygen atoms in total. The van der Waals surface area contributed by atoms with Crippen LogP contribution >= 0.6 is 0 Å². The minimum atomic E-state index is 0.662. The van der Waals surface area contributed by atoms with Gasteiger partial charge in [0.05, 0.1) is 12.2 Å². The van der Waals surface area contributed by atoms with Crippen LogP contribution in [-0.2, 0) is 26.2 Å². The molecule has 4 aromatic rings. The second kappa shape index (κ2) is 7.44. The van der Waals surface area contributed by atoms with E-state index < -0.39 is 0 Å². The molecule has 1 aromatic carbocycles. The van der Waals surface area contributed by atoms with E-state index in [4.69, 9.17) is 5.10 Å². The summed E-state index contributed by atoms with van der Waals surface area (Å²) in [6.07, 6.45) is 8.82. The number of hydrogen-bond acceptors (Lipinski definition) is 4. The second-order valence-corrected chi connectivity index (χ2v) is 7.11. The maximum atomic E-state index is 4.80. The van der Waals surface area contributed by atoms with E-state index in [0.29, 0.717) is 6.54 Å². The molecule has 0 atom stereocenters. The first-order valence-electron chi connectivity index (χ1n) is 9.70. The molecule has 142 valence electrons. The summed E-state index contributed by atoms with van der Waals surface area (Å²) >= 11 is 0. The van der Waals surface area contributed by atoms with Crippen molar-refractivity contribution in [3.05, 3.63) is 78.3 Å². The van der Waals surface area contributed by atoms with E-state index in [1.165, 1.54) is 11.3 Å². The molecule has 1 aliphatic heterocycles. The highest BCUT2D eigenvalue weighted by Gasteiger charge is 2.16. The largest absolute Gasteiger partial charge is 0.329 e. The Morgan fingerprint density at radius 3 is 2.75 bits per heavy atom. The molecule has 0 amide bonds. The predicted molar refractivity (Wildman–Crippen MR) is 107 cm³/mol. The van der Waals surface area contributed by atoms with E-state index >= 15 is 0 Å². The predicted octanol–water partition coefficient (Wildman–Crippen LogP) is 2.53. The quantitative estimate of drug-likeness (QED) is 0.584. The highest BCUT2D eigenvalue weighted by molar-refractivity contribution is 5.50. The van der Waals surface area contributed by atoms with Crippen LogP contribution in [0.1, 0.15) is 23.5 Å². The van der Waals surface area contributed by atoms with E-state index in [1.54, 1.807) is 0 Å². The summed E-state index contributed by atoms with van der Waals surface area (Å²) in [5, 5.41) is 8.24. The highest BCUT2D eigenvalue weighted by atomic mass is 15.3. The summed E-state index contributed by atoms with van der Waals surface area (Å²) in [6, 6.07) is 12.6. The average molecular weight is 373 g/mol. The van der Waals surface area contributed by atoms with Crippen molar-refractivity contribution < 1.29 is 0 Å². The third kappa shape index (κ3) is 3.36. The molecule has 5 rings (SSSR count). The normalized spacial score (nSPS) is 14.0. The van der Waals surface area contributed by atoms with Gasteiger partial charge in [0.25, 0.3) is 0 Å². The molecule has 4 heterocycles. The SMILES string of the molecule is c1ccc(Cn2ccnc2Cn2ccnc2-c2cc3n(n2)CCCNC3)cc1. The van der Waals surface area contributed by atoms with Crippen LogP contribution in [0, 0.1) is 0 Å². The number of imidazole rings is 2. The zero-order valence-corrected chi connectivity index (χ0v) is 15.7. The van der Waals surface area contributed by atoms with Crippen molar-refractivity contribution in [2.75, 3.05) is 6.54 Å². The van der Waals surface area contributed by atoms with Crippen molar-refractivity contribution in [3.8, 4) is 11.5 Å². The Kier molecular flexibility index (Phi) is 4.50. The first kappa shape index (κ1) is 16.9. The van der Waals surface area contributed by atoms with Gasteiger partial charge in [0.15, 0.2) is 5.82 Å². The van der Waals surface area contributed by atoms with Gasteiger partial charge in [-0.05, 0) is 24.6 Å². The fraction of sp³-hybridized carbons (Fsp3) is 0.286. The topological polar surface area (TPSA) is 65.5 Å². The number of hydrogen-bond donors (Lipinski definition) is 1. The summed E-state index contributed by atoms with van der Waals surface area (Å²) in [5.74, 6) is 1.89. The summed E-state index contributed by atoms with van der Waals surface area (Å²) in [4.78, 5) is 9.16. The maximum Gasteiger partial charge on any atom is 0.160 e. The molecule has 0 spiro atoms. The van der Waals surface area contributed by atoms with E-state index in [0.717, 1.165) is 49.9 Å². The third-order valence-electron chi connectivity index (χ3n) is 5.15. The summed E-state index contributed by atoms with van der Waals surface area (Å²) in [5.41, 5.74) is 3.40. The third-order valence-corrected chi connectivity index (χ3v) is 5.15. The lowest BCUT2D eigenvalue weighted by Gasteiger charge is -2.10. The molecule has 0 fully saturated rings. The summed E-state index contributed by atoms with van der Waals surface area (Å²) in [7, 11) is 0. The molecule has 0 bridgehead atoms. The molecule has 1 aliphatic rings. The lowest BCUT2D eigenvalue weighted by atomic mass is 10.2. The van der Waals surface area contributed by atoms with E-state index in [1.807, 2.05) is 30.9 Å². The van der Waals surface area contributed by atoms with Gasteiger partial charge in [-0.15, -0.1) is 0 Å². The first-order chi connectivity index (χ1) is 13.9. The lowest BCUT2D eigenvalue weighted by Crippen LogP contribution is -2.11. The van der Waals surface area contributed by atoms with Crippen LogP contribution in [0.25, 0.3) is 11.5 Å². The number of aromatic nitrogens is 6. The molecular formula is C21H23N7. The van der Waals surface area contributed by atoms with Crippen molar-refractivity contribution in [1.82, 2.24) is 34.2 Å². The number of nitrogens with zero attached hydrogens (tertiary/aromatic N) is 6. The smallest absolute Gasteiger partial charge is 0.160 e. The molecule has 0 unspecified atom stereocenters. The summed E-state index contributed by atoms with van der Waals surface area (Å²) < 4.78 is 6.41. The minimum Gasteiger partial charge on any atom is -0.329 e. The van der Waals surface area contributed by atoms with E-state index in [-0.39, 0.29) is 0 Å². The van der Waals surface area contributed by atoms with E-state index in [2.05, 4.69) is 59.4 Å². The molecule has 0 saturated carbocycles. The van der Waals surface area contributed by atoms with Crippen LogP contribution in [0.5, 0.6) is 0 Å². The molecule has 3 aromatic heterocycles. The Hall–Kier alpha value is -3.19. The Labute approximate surface area is 163 Å². The molecule has 0 saturated heterocycles. The van der Waals surface area contributed by atoms with Gasteiger partial charge in [-0.3, -0.25) is 4.68 Å². The van der Waals surface area contributed by atoms with Crippen molar-refractivity contribution in [3.63, 3.8) is 0 Å². The van der Waals surface area contributed by atoms with Gasteiger partial charge in [0.1, 0.15) is 11.5 Å². The molecule has 0 radical (unpaired) electrons. The molecule has 1 N–H and O–H groups in total. The van der Waals surface area contributed by atoms with Gasteiger partial charge in [-0.1, -0.05) is 30.3 Å². The number of rotatable bonds is 5. The number of benzene rings is 1. The van der Waals surface area contributed by atoms with Gasteiger partial charge in [-0.25, -0.2) is 9.97 Å². The second-order valence-electron chi connectivity index (χ2n) is 7.11. The van der Waals surface area contributed by atoms with Crippen LogP contribution in [0.4, 0.5) is 0 Å². The zero-order valence-electron chi connectivity index (χ0n) is 15.7.